The van der Waals surface area contributed by atoms with Crippen molar-refractivity contribution in [3.63, 3.8) is 0 Å². The van der Waals surface area contributed by atoms with Crippen LogP contribution in [0.1, 0.15) is 27.9 Å². The van der Waals surface area contributed by atoms with Crippen LogP contribution in [0.25, 0.3) is 0 Å². The number of hydrogen-bond donors (Lipinski definition) is 0. The van der Waals surface area contributed by atoms with Gasteiger partial charge in [-0.1, -0.05) is 29.8 Å². The van der Waals surface area contributed by atoms with Crippen LogP contribution in [0.4, 0.5) is 10.1 Å². The number of fused-ring (bicyclic) bond motifs is 1. The number of pyridine rings is 1. The Morgan fingerprint density at radius 3 is 2.72 bits per heavy atom. The predicted octanol–water partition coefficient (Wildman–Crippen LogP) is 4.45. The molecule has 6 nitrogen and oxygen atoms in total. The van der Waals surface area contributed by atoms with Gasteiger partial charge in [-0.15, -0.1) is 0 Å². The normalized spacial score (nSPS) is 13.5. The predicted molar refractivity (Wildman–Crippen MR) is 120 cm³/mol. The highest BCUT2D eigenvalue weighted by Crippen LogP contribution is 2.33. The number of Topliss-reactive ketones (excluding diaryl/α,β-unsaturated/α-hetero) is 1. The van der Waals surface area contributed by atoms with E-state index in [4.69, 9.17) is 16.3 Å². The van der Waals surface area contributed by atoms with Crippen LogP contribution in [0.15, 0.2) is 59.6 Å². The molecule has 0 radical (unpaired) electrons. The van der Waals surface area contributed by atoms with Gasteiger partial charge in [0.2, 0.25) is 5.88 Å². The summed E-state index contributed by atoms with van der Waals surface area (Å²) in [5.41, 5.74) is 1.78. The van der Waals surface area contributed by atoms with Gasteiger partial charge in [-0.05, 0) is 48.2 Å². The summed E-state index contributed by atoms with van der Waals surface area (Å²) < 4.78 is 47.1. The number of aryl methyl sites for hydroxylation is 1. The number of nitrogens with zero attached hydrogens (tertiary/aromatic N) is 2. The van der Waals surface area contributed by atoms with Crippen molar-refractivity contribution in [3.8, 4) is 5.88 Å². The van der Waals surface area contributed by atoms with E-state index >= 15 is 0 Å². The molecule has 9 heteroatoms. The van der Waals surface area contributed by atoms with Crippen LogP contribution in [-0.2, 0) is 22.9 Å². The van der Waals surface area contributed by atoms with E-state index in [1.54, 1.807) is 12.1 Å². The zero-order valence-corrected chi connectivity index (χ0v) is 18.8. The van der Waals surface area contributed by atoms with Gasteiger partial charge in [-0.3, -0.25) is 9.10 Å². The summed E-state index contributed by atoms with van der Waals surface area (Å²) in [5.74, 6) is -0.843. The van der Waals surface area contributed by atoms with Gasteiger partial charge in [0.25, 0.3) is 10.0 Å². The van der Waals surface area contributed by atoms with Crippen molar-refractivity contribution in [3.05, 3.63) is 82.3 Å². The molecule has 0 unspecified atom stereocenters. The first-order valence-electron chi connectivity index (χ1n) is 9.93. The highest BCUT2D eigenvalue weighted by atomic mass is 35.5. The van der Waals surface area contributed by atoms with Crippen LogP contribution in [0.3, 0.4) is 0 Å². The van der Waals surface area contributed by atoms with Crippen LogP contribution in [0.2, 0.25) is 5.02 Å². The number of benzene rings is 2. The van der Waals surface area contributed by atoms with E-state index in [-0.39, 0.29) is 21.9 Å². The third-order valence-electron chi connectivity index (χ3n) is 5.34. The van der Waals surface area contributed by atoms with E-state index in [1.807, 2.05) is 6.07 Å². The summed E-state index contributed by atoms with van der Waals surface area (Å²) in [6, 6.07) is 12.3. The lowest BCUT2D eigenvalue weighted by atomic mass is 9.97. The Bertz CT molecular complexity index is 1260. The van der Waals surface area contributed by atoms with Crippen molar-refractivity contribution in [2.75, 3.05) is 18.0 Å². The first kappa shape index (κ1) is 22.2. The Balaban J connectivity index is 1.67. The highest BCUT2D eigenvalue weighted by molar-refractivity contribution is 7.92. The van der Waals surface area contributed by atoms with Crippen LogP contribution in [-0.4, -0.2) is 32.8 Å². The second-order valence-electron chi connectivity index (χ2n) is 7.38. The number of ether oxygens (including phenoxy) is 1. The van der Waals surface area contributed by atoms with Crippen LogP contribution in [0, 0.1) is 5.82 Å². The van der Waals surface area contributed by atoms with Crippen molar-refractivity contribution in [1.29, 1.82) is 0 Å². The maximum absolute atomic E-state index is 14.1. The Morgan fingerprint density at radius 1 is 1.22 bits per heavy atom. The molecule has 2 aromatic carbocycles. The summed E-state index contributed by atoms with van der Waals surface area (Å²) in [6.07, 6.45) is 2.54. The minimum absolute atomic E-state index is 0.0455. The van der Waals surface area contributed by atoms with Gasteiger partial charge in [0.1, 0.15) is 10.7 Å². The fraction of sp³-hybridized carbons (Fsp3) is 0.217. The average Bonchev–Trinajstić information content (AvgIpc) is 2.78. The molecule has 0 atom stereocenters. The van der Waals surface area contributed by atoms with E-state index in [0.29, 0.717) is 30.1 Å². The molecule has 0 saturated carbocycles. The fourth-order valence-corrected chi connectivity index (χ4v) is 5.50. The van der Waals surface area contributed by atoms with E-state index in [0.717, 1.165) is 12.0 Å². The van der Waals surface area contributed by atoms with Crippen molar-refractivity contribution in [2.24, 2.45) is 0 Å². The molecule has 0 bridgehead atoms. The molecule has 0 N–H and O–H groups in total. The molecule has 1 aliphatic heterocycles. The molecule has 32 heavy (non-hydrogen) atoms. The van der Waals surface area contributed by atoms with Gasteiger partial charge >= 0.3 is 0 Å². The quantitative estimate of drug-likeness (QED) is 0.493. The summed E-state index contributed by atoms with van der Waals surface area (Å²) in [7, 11) is -2.41. The number of hydrogen-bond acceptors (Lipinski definition) is 5. The van der Waals surface area contributed by atoms with Crippen molar-refractivity contribution < 1.29 is 22.3 Å². The number of methoxy groups -OCH3 is 1. The number of anilines is 1. The van der Waals surface area contributed by atoms with Gasteiger partial charge in [0.05, 0.1) is 29.6 Å². The third-order valence-corrected chi connectivity index (χ3v) is 7.45. The Morgan fingerprint density at radius 2 is 2.03 bits per heavy atom. The first-order valence-corrected chi connectivity index (χ1v) is 11.7. The molecule has 166 valence electrons. The molecule has 1 aliphatic rings. The standard InChI is InChI=1S/C23H20ClFN2O4S/c1-31-22-10-9-17(14-26-22)32(29,30)27-11-3-4-16-8-7-15(12-20(16)27)13-21(28)23-18(24)5-2-6-19(23)25/h2,5-10,12,14H,3-4,11,13H2,1H3. The number of carbonyl (C=O) groups excluding carboxylic acids is 1. The number of ketones is 1. The molecule has 2 heterocycles. The molecule has 0 amide bonds. The maximum atomic E-state index is 14.1. The highest BCUT2D eigenvalue weighted by Gasteiger charge is 2.30. The largest absolute Gasteiger partial charge is 0.481 e. The average molecular weight is 475 g/mol. The number of carbonyl (C=O) groups is 1. The molecule has 0 aliphatic carbocycles. The Labute approximate surface area is 190 Å². The summed E-state index contributed by atoms with van der Waals surface area (Å²) in [4.78, 5) is 16.8. The number of halogens is 2. The Hall–Kier alpha value is -2.97. The van der Waals surface area contributed by atoms with Gasteiger partial charge in [-0.2, -0.15) is 0 Å². The molecular weight excluding hydrogens is 455 g/mol. The number of sulfonamides is 1. The van der Waals surface area contributed by atoms with Gasteiger partial charge in [-0.25, -0.2) is 17.8 Å². The molecular formula is C23H20ClFN2O4S. The summed E-state index contributed by atoms with van der Waals surface area (Å²) in [6.45, 7) is 0.303. The lowest BCUT2D eigenvalue weighted by Gasteiger charge is -2.31. The molecule has 0 spiro atoms. The summed E-state index contributed by atoms with van der Waals surface area (Å²) >= 11 is 6.02. The second kappa shape index (κ2) is 8.88. The SMILES string of the molecule is COc1ccc(S(=O)(=O)N2CCCc3ccc(CC(=O)c4c(F)cccc4Cl)cc32)cn1. The first-order chi connectivity index (χ1) is 15.3. The van der Waals surface area contributed by atoms with E-state index < -0.39 is 21.6 Å². The van der Waals surface area contributed by atoms with Gasteiger partial charge in [0.15, 0.2) is 5.78 Å². The molecule has 3 aromatic rings. The molecule has 0 saturated heterocycles. The smallest absolute Gasteiger partial charge is 0.265 e. The third kappa shape index (κ3) is 4.20. The topological polar surface area (TPSA) is 76.6 Å². The number of rotatable bonds is 6. The number of aromatic nitrogens is 1. The van der Waals surface area contributed by atoms with Crippen molar-refractivity contribution >= 4 is 33.1 Å². The molecule has 1 aromatic heterocycles. The molecule has 0 fully saturated rings. The van der Waals surface area contributed by atoms with Crippen LogP contribution < -0.4 is 9.04 Å². The van der Waals surface area contributed by atoms with Gasteiger partial charge in [0, 0.05) is 19.0 Å². The monoisotopic (exact) mass is 474 g/mol. The summed E-state index contributed by atoms with van der Waals surface area (Å²) in [5, 5.41) is 0.0455. The van der Waals surface area contributed by atoms with Crippen molar-refractivity contribution in [1.82, 2.24) is 4.98 Å². The van der Waals surface area contributed by atoms with Crippen LogP contribution in [0.5, 0.6) is 5.88 Å². The minimum atomic E-state index is -3.86. The van der Waals surface area contributed by atoms with Crippen LogP contribution >= 0.6 is 11.6 Å². The van der Waals surface area contributed by atoms with E-state index in [1.165, 1.54) is 47.9 Å². The fourth-order valence-electron chi connectivity index (χ4n) is 3.75. The van der Waals surface area contributed by atoms with Gasteiger partial charge < -0.3 is 4.74 Å². The molecule has 4 rings (SSSR count). The lowest BCUT2D eigenvalue weighted by Crippen LogP contribution is -2.35. The minimum Gasteiger partial charge on any atom is -0.481 e. The van der Waals surface area contributed by atoms with Crippen molar-refractivity contribution in [2.45, 2.75) is 24.2 Å². The zero-order chi connectivity index (χ0) is 22.9. The zero-order valence-electron chi connectivity index (χ0n) is 17.2. The second-order valence-corrected chi connectivity index (χ2v) is 9.65. The lowest BCUT2D eigenvalue weighted by molar-refractivity contribution is 0.0989. The van der Waals surface area contributed by atoms with E-state index in [9.17, 15) is 17.6 Å². The Kier molecular flexibility index (Phi) is 6.17. The maximum Gasteiger partial charge on any atom is 0.265 e. The van der Waals surface area contributed by atoms with E-state index in [2.05, 4.69) is 4.98 Å².